The average molecular weight is 262 g/mol. The van der Waals surface area contributed by atoms with E-state index < -0.39 is 0 Å². The third kappa shape index (κ3) is 4.03. The Balaban J connectivity index is 1.93. The van der Waals surface area contributed by atoms with Gasteiger partial charge in [0.1, 0.15) is 0 Å². The van der Waals surface area contributed by atoms with Gasteiger partial charge in [-0.15, -0.1) is 0 Å². The summed E-state index contributed by atoms with van der Waals surface area (Å²) in [6.07, 6.45) is 2.27. The highest BCUT2D eigenvalue weighted by Crippen LogP contribution is 2.15. The van der Waals surface area contributed by atoms with E-state index in [-0.39, 0.29) is 12.6 Å². The van der Waals surface area contributed by atoms with E-state index in [4.69, 9.17) is 0 Å². The molecule has 2 unspecified atom stereocenters. The molecule has 0 radical (unpaired) electrons. The number of hydrogen-bond donors (Lipinski definition) is 1. The van der Waals surface area contributed by atoms with E-state index in [1.54, 1.807) is 0 Å². The lowest BCUT2D eigenvalue weighted by molar-refractivity contribution is 0.124. The Bertz CT molecular complexity index is 368. The molecule has 19 heavy (non-hydrogen) atoms. The van der Waals surface area contributed by atoms with Crippen molar-refractivity contribution < 1.29 is 5.11 Å². The molecule has 106 valence electrons. The predicted octanol–water partition coefficient (Wildman–Crippen LogP) is 1.62. The molecule has 1 fully saturated rings. The smallest absolute Gasteiger partial charge is 0.0599 e. The highest BCUT2D eigenvalue weighted by atomic mass is 16.3. The van der Waals surface area contributed by atoms with Crippen LogP contribution in [-0.2, 0) is 6.42 Å². The molecule has 3 nitrogen and oxygen atoms in total. The first kappa shape index (κ1) is 14.5. The van der Waals surface area contributed by atoms with Crippen LogP contribution in [0.2, 0.25) is 0 Å². The van der Waals surface area contributed by atoms with Gasteiger partial charge in [0.15, 0.2) is 0 Å². The molecule has 0 spiro atoms. The molecule has 2 rings (SSSR count). The van der Waals surface area contributed by atoms with Crippen LogP contribution in [0.3, 0.4) is 0 Å². The van der Waals surface area contributed by atoms with Crippen molar-refractivity contribution >= 4 is 0 Å². The zero-order valence-electron chi connectivity index (χ0n) is 12.1. The third-order valence-electron chi connectivity index (χ3n) is 4.33. The number of rotatable bonds is 4. The van der Waals surface area contributed by atoms with Crippen molar-refractivity contribution in [2.75, 3.05) is 33.3 Å². The van der Waals surface area contributed by atoms with Crippen molar-refractivity contribution in [2.45, 2.75) is 31.8 Å². The lowest BCUT2D eigenvalue weighted by Crippen LogP contribution is -2.43. The second-order valence-corrected chi connectivity index (χ2v) is 5.69. The maximum absolute atomic E-state index is 9.51. The maximum atomic E-state index is 9.51. The molecule has 0 aliphatic carbocycles. The molecule has 0 aromatic heterocycles. The Morgan fingerprint density at radius 1 is 1.26 bits per heavy atom. The van der Waals surface area contributed by atoms with Gasteiger partial charge in [0.25, 0.3) is 0 Å². The van der Waals surface area contributed by atoms with E-state index in [0.29, 0.717) is 6.04 Å². The van der Waals surface area contributed by atoms with E-state index >= 15 is 0 Å². The van der Waals surface area contributed by atoms with Crippen LogP contribution in [0.4, 0.5) is 0 Å². The number of hydrogen-bond acceptors (Lipinski definition) is 3. The molecule has 1 heterocycles. The van der Waals surface area contributed by atoms with Gasteiger partial charge in [-0.25, -0.2) is 0 Å². The van der Waals surface area contributed by atoms with Gasteiger partial charge in [-0.2, -0.15) is 0 Å². The van der Waals surface area contributed by atoms with Crippen LogP contribution < -0.4 is 0 Å². The number of aliphatic hydroxyl groups excluding tert-OH is 1. The monoisotopic (exact) mass is 262 g/mol. The Morgan fingerprint density at radius 2 is 2.00 bits per heavy atom. The van der Waals surface area contributed by atoms with E-state index in [1.807, 2.05) is 0 Å². The van der Waals surface area contributed by atoms with E-state index in [0.717, 1.165) is 26.1 Å². The van der Waals surface area contributed by atoms with Crippen LogP contribution in [0.5, 0.6) is 0 Å². The molecule has 1 saturated heterocycles. The normalized spacial score (nSPS) is 26.3. The second kappa shape index (κ2) is 7.04. The fourth-order valence-corrected chi connectivity index (χ4v) is 2.77. The largest absolute Gasteiger partial charge is 0.395 e. The minimum absolute atomic E-state index is 0.255. The van der Waals surface area contributed by atoms with Gasteiger partial charge in [0.05, 0.1) is 6.61 Å². The van der Waals surface area contributed by atoms with Crippen molar-refractivity contribution in [1.82, 2.24) is 9.80 Å². The Morgan fingerprint density at radius 3 is 2.68 bits per heavy atom. The van der Waals surface area contributed by atoms with Gasteiger partial charge in [-0.3, -0.25) is 9.80 Å². The molecule has 1 aromatic rings. The van der Waals surface area contributed by atoms with Crippen LogP contribution in [0.1, 0.15) is 18.9 Å². The SMILES string of the molecule is CC1CCN(C)C(CO)CN1CCc1ccccc1. The number of nitrogens with zero attached hydrogens (tertiary/aromatic N) is 2. The van der Waals surface area contributed by atoms with Gasteiger partial charge < -0.3 is 5.11 Å². The fraction of sp³-hybridized carbons (Fsp3) is 0.625. The topological polar surface area (TPSA) is 26.7 Å². The fourth-order valence-electron chi connectivity index (χ4n) is 2.77. The number of aliphatic hydroxyl groups is 1. The van der Waals surface area contributed by atoms with Gasteiger partial charge >= 0.3 is 0 Å². The van der Waals surface area contributed by atoms with Crippen LogP contribution in [0.15, 0.2) is 30.3 Å². The first-order chi connectivity index (χ1) is 9.20. The minimum atomic E-state index is 0.255. The predicted molar refractivity (Wildman–Crippen MR) is 79.3 cm³/mol. The Kier molecular flexibility index (Phi) is 5.37. The first-order valence-corrected chi connectivity index (χ1v) is 7.29. The number of benzene rings is 1. The van der Waals surface area contributed by atoms with Crippen molar-refractivity contribution in [3.8, 4) is 0 Å². The van der Waals surface area contributed by atoms with Gasteiger partial charge in [0.2, 0.25) is 0 Å². The summed E-state index contributed by atoms with van der Waals surface area (Å²) < 4.78 is 0. The molecule has 1 N–H and O–H groups in total. The zero-order valence-corrected chi connectivity index (χ0v) is 12.1. The summed E-state index contributed by atoms with van der Waals surface area (Å²) in [5, 5.41) is 9.51. The van der Waals surface area contributed by atoms with E-state index in [2.05, 4.69) is 54.1 Å². The average Bonchev–Trinajstić information content (AvgIpc) is 2.58. The number of likely N-dealkylation sites (N-methyl/N-ethyl adjacent to an activating group) is 1. The summed E-state index contributed by atoms with van der Waals surface area (Å²) in [5.41, 5.74) is 1.40. The lowest BCUT2D eigenvalue weighted by Gasteiger charge is -2.30. The Labute approximate surface area is 116 Å². The van der Waals surface area contributed by atoms with E-state index in [9.17, 15) is 5.11 Å². The first-order valence-electron chi connectivity index (χ1n) is 7.29. The molecule has 3 heteroatoms. The molecular formula is C16H26N2O. The summed E-state index contributed by atoms with van der Waals surface area (Å²) >= 11 is 0. The van der Waals surface area contributed by atoms with E-state index in [1.165, 1.54) is 12.0 Å². The molecular weight excluding hydrogens is 236 g/mol. The molecule has 2 atom stereocenters. The summed E-state index contributed by atoms with van der Waals surface area (Å²) in [6.45, 7) is 5.69. The molecule has 0 amide bonds. The van der Waals surface area contributed by atoms with Crippen LogP contribution in [-0.4, -0.2) is 60.3 Å². The summed E-state index contributed by atoms with van der Waals surface area (Å²) in [6, 6.07) is 11.5. The van der Waals surface area contributed by atoms with Gasteiger partial charge in [0, 0.05) is 25.2 Å². The second-order valence-electron chi connectivity index (χ2n) is 5.69. The molecule has 0 saturated carbocycles. The summed E-state index contributed by atoms with van der Waals surface area (Å²) in [4.78, 5) is 4.82. The molecule has 1 aliphatic rings. The highest BCUT2D eigenvalue weighted by molar-refractivity contribution is 5.14. The zero-order chi connectivity index (χ0) is 13.7. The standard InChI is InChI=1S/C16H26N2O/c1-14-8-10-17(2)16(13-19)12-18(14)11-9-15-6-4-3-5-7-15/h3-7,14,16,19H,8-13H2,1-2H3. The van der Waals surface area contributed by atoms with Gasteiger partial charge in [-0.05, 0) is 38.9 Å². The Hall–Kier alpha value is -0.900. The highest BCUT2D eigenvalue weighted by Gasteiger charge is 2.25. The van der Waals surface area contributed by atoms with Crippen LogP contribution in [0.25, 0.3) is 0 Å². The molecule has 0 bridgehead atoms. The van der Waals surface area contributed by atoms with Gasteiger partial charge in [-0.1, -0.05) is 30.3 Å². The van der Waals surface area contributed by atoms with Crippen LogP contribution >= 0.6 is 0 Å². The summed E-state index contributed by atoms with van der Waals surface area (Å²) in [5.74, 6) is 0. The van der Waals surface area contributed by atoms with Crippen molar-refractivity contribution in [3.05, 3.63) is 35.9 Å². The quantitative estimate of drug-likeness (QED) is 0.893. The van der Waals surface area contributed by atoms with Crippen molar-refractivity contribution in [2.24, 2.45) is 0 Å². The summed E-state index contributed by atoms with van der Waals surface area (Å²) in [7, 11) is 2.12. The molecule has 1 aliphatic heterocycles. The van der Waals surface area contributed by atoms with Crippen LogP contribution in [0, 0.1) is 0 Å². The van der Waals surface area contributed by atoms with Crippen molar-refractivity contribution in [3.63, 3.8) is 0 Å². The minimum Gasteiger partial charge on any atom is -0.395 e. The molecule has 1 aromatic carbocycles. The van der Waals surface area contributed by atoms with Crippen molar-refractivity contribution in [1.29, 1.82) is 0 Å². The third-order valence-corrected chi connectivity index (χ3v) is 4.33. The lowest BCUT2D eigenvalue weighted by atomic mass is 10.1. The maximum Gasteiger partial charge on any atom is 0.0599 e.